The number of aliphatic hydroxyl groups excluding tert-OH is 1. The molecule has 1 saturated carbocycles. The molecule has 1 aromatic rings. The van der Waals surface area contributed by atoms with Gasteiger partial charge in [0.05, 0.1) is 6.10 Å². The van der Waals surface area contributed by atoms with Crippen LogP contribution in [0, 0.1) is 0 Å². The number of nitrogens with one attached hydrogen (secondary N) is 1. The summed E-state index contributed by atoms with van der Waals surface area (Å²) >= 11 is 0. The third-order valence-electron chi connectivity index (χ3n) is 3.26. The summed E-state index contributed by atoms with van der Waals surface area (Å²) in [5.74, 6) is 0.127. The fourth-order valence-electron chi connectivity index (χ4n) is 1.99. The number of amides is 1. The first-order valence-electron chi connectivity index (χ1n) is 6.82. The number of nitrogens with zero attached hydrogens (tertiary/aromatic N) is 1. The van der Waals surface area contributed by atoms with Gasteiger partial charge in [0.1, 0.15) is 0 Å². The maximum absolute atomic E-state index is 11.5. The molecule has 100 valence electrons. The van der Waals surface area contributed by atoms with Gasteiger partial charge in [0.2, 0.25) is 5.91 Å². The van der Waals surface area contributed by atoms with Crippen LogP contribution in [0.1, 0.15) is 50.7 Å². The Bertz CT molecular complexity index is 396. The molecule has 1 amide bonds. The van der Waals surface area contributed by atoms with Crippen LogP contribution in [-0.2, 0) is 11.3 Å². The summed E-state index contributed by atoms with van der Waals surface area (Å²) in [6.07, 6.45) is 8.00. The molecule has 1 atom stereocenters. The van der Waals surface area contributed by atoms with Crippen molar-refractivity contribution in [3.8, 4) is 0 Å². The Balaban J connectivity index is 1.76. The quantitative estimate of drug-likeness (QED) is 0.777. The number of aryl methyl sites for hydroxylation is 1. The van der Waals surface area contributed by atoms with Crippen LogP contribution in [0.5, 0.6) is 0 Å². The topological polar surface area (TPSA) is 54.3 Å². The fourth-order valence-corrected chi connectivity index (χ4v) is 1.99. The highest BCUT2D eigenvalue weighted by Crippen LogP contribution is 2.19. The molecular weight excluding hydrogens is 228 g/mol. The van der Waals surface area contributed by atoms with Crippen molar-refractivity contribution in [2.24, 2.45) is 0 Å². The van der Waals surface area contributed by atoms with Crippen LogP contribution in [0.15, 0.2) is 18.5 Å². The molecule has 0 spiro atoms. The first-order chi connectivity index (χ1) is 8.69. The van der Waals surface area contributed by atoms with Crippen LogP contribution in [0.3, 0.4) is 0 Å². The molecule has 0 saturated heterocycles. The SMILES string of the molecule is CCCC(O)c1ccn(CCC(=O)NC2CC2)c1. The van der Waals surface area contributed by atoms with E-state index in [-0.39, 0.29) is 12.0 Å². The molecule has 4 nitrogen and oxygen atoms in total. The summed E-state index contributed by atoms with van der Waals surface area (Å²) in [6, 6.07) is 2.36. The second-order valence-corrected chi connectivity index (χ2v) is 5.08. The molecule has 1 heterocycles. The first kappa shape index (κ1) is 13.1. The zero-order valence-corrected chi connectivity index (χ0v) is 10.9. The summed E-state index contributed by atoms with van der Waals surface area (Å²) in [4.78, 5) is 11.5. The Kier molecular flexibility index (Phi) is 4.42. The normalized spacial score (nSPS) is 16.6. The Morgan fingerprint density at radius 3 is 3.06 bits per heavy atom. The molecule has 2 N–H and O–H groups in total. The molecular formula is C14H22N2O2. The van der Waals surface area contributed by atoms with Gasteiger partial charge in [-0.1, -0.05) is 13.3 Å². The minimum absolute atomic E-state index is 0.127. The van der Waals surface area contributed by atoms with E-state index >= 15 is 0 Å². The Morgan fingerprint density at radius 1 is 1.61 bits per heavy atom. The summed E-state index contributed by atoms with van der Waals surface area (Å²) in [5, 5.41) is 12.8. The second kappa shape index (κ2) is 6.05. The summed E-state index contributed by atoms with van der Waals surface area (Å²) in [6.45, 7) is 2.74. The first-order valence-corrected chi connectivity index (χ1v) is 6.82. The number of carbonyl (C=O) groups excluding carboxylic acids is 1. The van der Waals surface area contributed by atoms with E-state index in [0.717, 1.165) is 31.2 Å². The Hall–Kier alpha value is -1.29. The molecule has 0 aliphatic heterocycles. The van der Waals surface area contributed by atoms with Crippen molar-refractivity contribution in [2.45, 2.75) is 57.7 Å². The van der Waals surface area contributed by atoms with Crippen molar-refractivity contribution in [1.82, 2.24) is 9.88 Å². The highest BCUT2D eigenvalue weighted by Gasteiger charge is 2.22. The fraction of sp³-hybridized carbons (Fsp3) is 0.643. The van der Waals surface area contributed by atoms with Crippen LogP contribution in [0.25, 0.3) is 0 Å². The van der Waals surface area contributed by atoms with Gasteiger partial charge in [-0.25, -0.2) is 0 Å². The Morgan fingerprint density at radius 2 is 2.39 bits per heavy atom. The van der Waals surface area contributed by atoms with E-state index in [2.05, 4.69) is 12.2 Å². The van der Waals surface area contributed by atoms with Crippen LogP contribution >= 0.6 is 0 Å². The van der Waals surface area contributed by atoms with E-state index in [0.29, 0.717) is 19.0 Å². The van der Waals surface area contributed by atoms with Gasteiger partial charge in [-0.3, -0.25) is 4.79 Å². The molecule has 1 unspecified atom stereocenters. The largest absolute Gasteiger partial charge is 0.388 e. The number of aliphatic hydroxyl groups is 1. The van der Waals surface area contributed by atoms with Crippen molar-refractivity contribution in [3.63, 3.8) is 0 Å². The molecule has 1 aromatic heterocycles. The third kappa shape index (κ3) is 3.88. The Labute approximate surface area is 108 Å². The summed E-state index contributed by atoms with van der Waals surface area (Å²) in [5.41, 5.74) is 0.944. The van der Waals surface area contributed by atoms with Crippen LogP contribution < -0.4 is 5.32 Å². The lowest BCUT2D eigenvalue weighted by atomic mass is 10.1. The predicted octanol–water partition coefficient (Wildman–Crippen LogP) is 1.99. The smallest absolute Gasteiger partial charge is 0.222 e. The van der Waals surface area contributed by atoms with Gasteiger partial charge in [0.25, 0.3) is 0 Å². The average Bonchev–Trinajstić information content (AvgIpc) is 3.02. The van der Waals surface area contributed by atoms with Gasteiger partial charge in [-0.15, -0.1) is 0 Å². The zero-order chi connectivity index (χ0) is 13.0. The molecule has 2 rings (SSSR count). The van der Waals surface area contributed by atoms with Crippen molar-refractivity contribution in [1.29, 1.82) is 0 Å². The van der Waals surface area contributed by atoms with Crippen LogP contribution in [0.2, 0.25) is 0 Å². The molecule has 0 radical (unpaired) electrons. The number of hydrogen-bond donors (Lipinski definition) is 2. The highest BCUT2D eigenvalue weighted by atomic mass is 16.3. The minimum Gasteiger partial charge on any atom is -0.388 e. The van der Waals surface area contributed by atoms with Crippen molar-refractivity contribution < 1.29 is 9.90 Å². The third-order valence-corrected chi connectivity index (χ3v) is 3.26. The maximum Gasteiger partial charge on any atom is 0.222 e. The molecule has 0 aromatic carbocycles. The monoisotopic (exact) mass is 250 g/mol. The molecule has 18 heavy (non-hydrogen) atoms. The van der Waals surface area contributed by atoms with Gasteiger partial charge in [0, 0.05) is 31.4 Å². The van der Waals surface area contributed by atoms with Crippen LogP contribution in [0.4, 0.5) is 0 Å². The van der Waals surface area contributed by atoms with Crippen molar-refractivity contribution >= 4 is 5.91 Å². The van der Waals surface area contributed by atoms with Gasteiger partial charge in [0.15, 0.2) is 0 Å². The molecule has 4 heteroatoms. The molecule has 1 aliphatic rings. The highest BCUT2D eigenvalue weighted by molar-refractivity contribution is 5.76. The lowest BCUT2D eigenvalue weighted by Gasteiger charge is -2.07. The summed E-state index contributed by atoms with van der Waals surface area (Å²) in [7, 11) is 0. The van der Waals surface area contributed by atoms with E-state index in [1.165, 1.54) is 0 Å². The number of aromatic nitrogens is 1. The number of rotatable bonds is 7. The van der Waals surface area contributed by atoms with E-state index in [1.807, 2.05) is 23.0 Å². The number of carbonyl (C=O) groups is 1. The maximum atomic E-state index is 11.5. The van der Waals surface area contributed by atoms with E-state index < -0.39 is 0 Å². The van der Waals surface area contributed by atoms with E-state index in [1.54, 1.807) is 0 Å². The zero-order valence-electron chi connectivity index (χ0n) is 10.9. The van der Waals surface area contributed by atoms with Crippen molar-refractivity contribution in [3.05, 3.63) is 24.0 Å². The number of hydrogen-bond acceptors (Lipinski definition) is 2. The minimum atomic E-state index is -0.378. The second-order valence-electron chi connectivity index (χ2n) is 5.08. The molecule has 1 aliphatic carbocycles. The molecule has 1 fully saturated rings. The average molecular weight is 250 g/mol. The van der Waals surface area contributed by atoms with Crippen molar-refractivity contribution in [2.75, 3.05) is 0 Å². The van der Waals surface area contributed by atoms with Gasteiger partial charge < -0.3 is 15.0 Å². The van der Waals surface area contributed by atoms with E-state index in [4.69, 9.17) is 0 Å². The van der Waals surface area contributed by atoms with Gasteiger partial charge >= 0.3 is 0 Å². The summed E-state index contributed by atoms with van der Waals surface area (Å²) < 4.78 is 1.97. The van der Waals surface area contributed by atoms with Gasteiger partial charge in [-0.2, -0.15) is 0 Å². The lowest BCUT2D eigenvalue weighted by molar-refractivity contribution is -0.121. The standard InChI is InChI=1S/C14H22N2O2/c1-2-3-13(17)11-6-8-16(10-11)9-7-14(18)15-12-4-5-12/h6,8,10,12-13,17H,2-5,7,9H2,1H3,(H,15,18). The van der Waals surface area contributed by atoms with Gasteiger partial charge in [-0.05, 0) is 30.9 Å². The molecule has 0 bridgehead atoms. The van der Waals surface area contributed by atoms with E-state index in [9.17, 15) is 9.90 Å². The lowest BCUT2D eigenvalue weighted by Crippen LogP contribution is -2.26. The predicted molar refractivity (Wildman–Crippen MR) is 70.1 cm³/mol. The van der Waals surface area contributed by atoms with Crippen LogP contribution in [-0.4, -0.2) is 21.6 Å².